The minimum absolute atomic E-state index is 0.00956. The van der Waals surface area contributed by atoms with Crippen molar-refractivity contribution in [3.63, 3.8) is 0 Å². The number of methoxy groups -OCH3 is 1. The van der Waals surface area contributed by atoms with Crippen LogP contribution in [0.3, 0.4) is 0 Å². The molecule has 0 aromatic heterocycles. The van der Waals surface area contributed by atoms with Crippen LogP contribution in [0.2, 0.25) is 5.02 Å². The lowest BCUT2D eigenvalue weighted by Crippen LogP contribution is -2.59. The second kappa shape index (κ2) is 16.6. The van der Waals surface area contributed by atoms with Crippen molar-refractivity contribution < 1.29 is 14.3 Å². The fourth-order valence-corrected chi connectivity index (χ4v) is 6.89. The number of ether oxygens (including phenoxy) is 1. The maximum atomic E-state index is 13.7. The first-order valence-corrected chi connectivity index (χ1v) is 15.9. The molecule has 7 nitrogen and oxygen atoms in total. The second-order valence-electron chi connectivity index (χ2n) is 12.3. The summed E-state index contributed by atoms with van der Waals surface area (Å²) in [7, 11) is 3.68. The first kappa shape index (κ1) is 32.7. The fourth-order valence-electron chi connectivity index (χ4n) is 6.70. The highest BCUT2D eigenvalue weighted by molar-refractivity contribution is 6.30. The van der Waals surface area contributed by atoms with E-state index in [2.05, 4.69) is 22.0 Å². The largest absolute Gasteiger partial charge is 0.385 e. The monoisotopic (exact) mass is 576 g/mol. The second-order valence-corrected chi connectivity index (χ2v) is 12.7. The molecule has 1 saturated heterocycles. The van der Waals surface area contributed by atoms with Gasteiger partial charge < -0.3 is 25.6 Å². The number of nitrogens with zero attached hydrogens (tertiary/aromatic N) is 1. The third-order valence-corrected chi connectivity index (χ3v) is 9.14. The summed E-state index contributed by atoms with van der Waals surface area (Å²) in [5.41, 5.74) is 0.398. The van der Waals surface area contributed by atoms with Crippen LogP contribution >= 0.6 is 11.6 Å². The molecule has 1 heterocycles. The molecule has 1 aliphatic heterocycles. The Morgan fingerprint density at radius 2 is 1.90 bits per heavy atom. The van der Waals surface area contributed by atoms with Gasteiger partial charge >= 0.3 is 6.03 Å². The average molecular weight is 577 g/mol. The molecular formula is C32H53ClN4O3. The van der Waals surface area contributed by atoms with Crippen molar-refractivity contribution in [1.29, 1.82) is 0 Å². The summed E-state index contributed by atoms with van der Waals surface area (Å²) in [5, 5.41) is 10.8. The van der Waals surface area contributed by atoms with Crippen molar-refractivity contribution in [3.05, 3.63) is 34.9 Å². The van der Waals surface area contributed by atoms with Crippen LogP contribution in [0, 0.1) is 17.8 Å². The van der Waals surface area contributed by atoms with Crippen LogP contribution in [0.25, 0.3) is 0 Å². The molecular weight excluding hydrogens is 524 g/mol. The van der Waals surface area contributed by atoms with E-state index in [1.807, 2.05) is 44.0 Å². The maximum absolute atomic E-state index is 13.7. The number of benzene rings is 1. The minimum Gasteiger partial charge on any atom is -0.385 e. The van der Waals surface area contributed by atoms with Gasteiger partial charge in [-0.15, -0.1) is 0 Å². The Morgan fingerprint density at radius 3 is 2.58 bits per heavy atom. The molecule has 1 unspecified atom stereocenters. The number of nitrogens with one attached hydrogen (secondary N) is 3. The van der Waals surface area contributed by atoms with Crippen LogP contribution in [0.1, 0.15) is 90.0 Å². The molecule has 1 aromatic carbocycles. The highest BCUT2D eigenvalue weighted by atomic mass is 35.5. The Kier molecular flexibility index (Phi) is 13.5. The zero-order valence-electron chi connectivity index (χ0n) is 25.3. The van der Waals surface area contributed by atoms with Gasteiger partial charge in [0.1, 0.15) is 0 Å². The number of unbranched alkanes of at least 4 members (excludes halogenated alkanes) is 1. The number of likely N-dealkylation sites (tertiary alicyclic amines) is 1. The van der Waals surface area contributed by atoms with Gasteiger partial charge in [-0.1, -0.05) is 69.7 Å². The summed E-state index contributed by atoms with van der Waals surface area (Å²) >= 11 is 6.51. The first-order chi connectivity index (χ1) is 19.3. The van der Waals surface area contributed by atoms with Crippen molar-refractivity contribution in [1.82, 2.24) is 20.9 Å². The van der Waals surface area contributed by atoms with Crippen molar-refractivity contribution in [3.8, 4) is 0 Å². The quantitative estimate of drug-likeness (QED) is 0.234. The van der Waals surface area contributed by atoms with Gasteiger partial charge in [0.2, 0.25) is 5.91 Å². The molecule has 0 spiro atoms. The van der Waals surface area contributed by atoms with Gasteiger partial charge in [0.25, 0.3) is 0 Å². The van der Waals surface area contributed by atoms with E-state index in [0.29, 0.717) is 24.1 Å². The SMILES string of the molecule is CNCC(CC1CCCCC1)NC(=O)N1CCC[C@@H]([C@](CCCCOC)(NC(=O)C(C)C)c2cccc(Cl)c2)C1. The Morgan fingerprint density at radius 1 is 1.12 bits per heavy atom. The van der Waals surface area contributed by atoms with E-state index in [-0.39, 0.29) is 29.8 Å². The molecule has 3 N–H and O–H groups in total. The van der Waals surface area contributed by atoms with E-state index in [0.717, 1.165) is 57.2 Å². The van der Waals surface area contributed by atoms with Gasteiger partial charge in [-0.3, -0.25) is 4.79 Å². The Hall–Kier alpha value is -1.83. The number of rotatable bonds is 14. The molecule has 8 heteroatoms. The standard InChI is InChI=1S/C32H53ClN4O3/c1-24(2)30(38)36-32(17-8-9-19-40-4,26-14-10-16-28(33)21-26)27-15-11-18-37(23-27)31(39)35-29(22-34-3)20-25-12-6-5-7-13-25/h10,14,16,21,24-25,27,29,34H,5-9,11-13,15,17-20,22-23H2,1-4H3,(H,35,39)(H,36,38)/t27-,29?,32-/m1/s1. The summed E-state index contributed by atoms with van der Waals surface area (Å²) in [5.74, 6) is 0.629. The van der Waals surface area contributed by atoms with Gasteiger partial charge in [-0.2, -0.15) is 0 Å². The van der Waals surface area contributed by atoms with Gasteiger partial charge in [0.15, 0.2) is 0 Å². The lowest BCUT2D eigenvalue weighted by molar-refractivity contribution is -0.127. The maximum Gasteiger partial charge on any atom is 0.317 e. The normalized spacial score (nSPS) is 20.6. The van der Waals surface area contributed by atoms with E-state index in [4.69, 9.17) is 16.3 Å². The van der Waals surface area contributed by atoms with Gasteiger partial charge in [0, 0.05) is 56.3 Å². The fraction of sp³-hybridized carbons (Fsp3) is 0.750. The molecule has 0 bridgehead atoms. The molecule has 226 valence electrons. The molecule has 2 fully saturated rings. The van der Waals surface area contributed by atoms with Crippen molar-refractivity contribution in [2.24, 2.45) is 17.8 Å². The molecule has 2 aliphatic rings. The molecule has 1 aliphatic carbocycles. The van der Waals surface area contributed by atoms with Gasteiger partial charge in [-0.05, 0) is 69.2 Å². The van der Waals surface area contributed by atoms with E-state index in [1.54, 1.807) is 7.11 Å². The number of carbonyl (C=O) groups excluding carboxylic acids is 2. The van der Waals surface area contributed by atoms with E-state index >= 15 is 0 Å². The number of hydrogen-bond acceptors (Lipinski definition) is 4. The molecule has 3 rings (SSSR count). The topological polar surface area (TPSA) is 82.7 Å². The zero-order valence-corrected chi connectivity index (χ0v) is 26.0. The van der Waals surface area contributed by atoms with Crippen LogP contribution in [0.4, 0.5) is 4.79 Å². The van der Waals surface area contributed by atoms with Crippen molar-refractivity contribution >= 4 is 23.5 Å². The minimum atomic E-state index is -0.620. The number of likely N-dealkylation sites (N-methyl/N-ethyl adjacent to an activating group) is 1. The van der Waals surface area contributed by atoms with Crippen LogP contribution in [-0.4, -0.2) is 63.3 Å². The van der Waals surface area contributed by atoms with E-state index in [9.17, 15) is 9.59 Å². The number of piperidine rings is 1. The number of hydrogen-bond donors (Lipinski definition) is 3. The van der Waals surface area contributed by atoms with Crippen LogP contribution in [-0.2, 0) is 15.1 Å². The first-order valence-electron chi connectivity index (χ1n) is 15.6. The van der Waals surface area contributed by atoms with Crippen LogP contribution in [0.15, 0.2) is 24.3 Å². The third-order valence-electron chi connectivity index (χ3n) is 8.91. The van der Waals surface area contributed by atoms with Crippen LogP contribution < -0.4 is 16.0 Å². The number of amides is 3. The van der Waals surface area contributed by atoms with E-state index in [1.165, 1.54) is 32.1 Å². The average Bonchev–Trinajstić information content (AvgIpc) is 2.95. The number of urea groups is 1. The summed E-state index contributed by atoms with van der Waals surface area (Å²) in [6, 6.07) is 8.03. The Balaban J connectivity index is 1.84. The predicted molar refractivity (Wildman–Crippen MR) is 164 cm³/mol. The van der Waals surface area contributed by atoms with Crippen molar-refractivity contribution in [2.75, 3.05) is 40.4 Å². The summed E-state index contributed by atoms with van der Waals surface area (Å²) in [4.78, 5) is 29.0. The molecule has 1 saturated carbocycles. The van der Waals surface area contributed by atoms with Gasteiger partial charge in [-0.25, -0.2) is 4.79 Å². The predicted octanol–water partition coefficient (Wildman–Crippen LogP) is 6.10. The summed E-state index contributed by atoms with van der Waals surface area (Å²) in [6.45, 7) is 6.63. The molecule has 1 aromatic rings. The highest BCUT2D eigenvalue weighted by Crippen LogP contribution is 2.41. The number of carbonyl (C=O) groups is 2. The molecule has 3 amide bonds. The highest BCUT2D eigenvalue weighted by Gasteiger charge is 2.44. The molecule has 40 heavy (non-hydrogen) atoms. The smallest absolute Gasteiger partial charge is 0.317 e. The zero-order chi connectivity index (χ0) is 29.0. The lowest BCUT2D eigenvalue weighted by Gasteiger charge is -2.47. The third kappa shape index (κ3) is 9.35. The Labute approximate surface area is 247 Å². The van der Waals surface area contributed by atoms with Crippen LogP contribution in [0.5, 0.6) is 0 Å². The molecule has 0 radical (unpaired) electrons. The van der Waals surface area contributed by atoms with Crippen molar-refractivity contribution in [2.45, 2.75) is 96.1 Å². The van der Waals surface area contributed by atoms with E-state index < -0.39 is 5.54 Å². The summed E-state index contributed by atoms with van der Waals surface area (Å²) < 4.78 is 5.33. The summed E-state index contributed by atoms with van der Waals surface area (Å²) in [6.07, 6.45) is 11.9. The Bertz CT molecular complexity index is 923. The molecule has 3 atom stereocenters. The lowest BCUT2D eigenvalue weighted by atomic mass is 9.71. The van der Waals surface area contributed by atoms with Gasteiger partial charge in [0.05, 0.1) is 5.54 Å². The number of halogens is 1.